The smallest absolute Gasteiger partial charge is 0.371 e. The summed E-state index contributed by atoms with van der Waals surface area (Å²) >= 11 is 6.24. The molecular weight excluding hydrogens is 408 g/mol. The number of amides is 1. The van der Waals surface area contributed by atoms with Crippen molar-refractivity contribution in [1.82, 2.24) is 5.16 Å². The lowest BCUT2D eigenvalue weighted by atomic mass is 10.1. The summed E-state index contributed by atoms with van der Waals surface area (Å²) in [4.78, 5) is 23.8. The van der Waals surface area contributed by atoms with E-state index >= 15 is 0 Å². The van der Waals surface area contributed by atoms with Crippen LogP contribution in [-0.4, -0.2) is 22.1 Å². The van der Waals surface area contributed by atoms with Crippen molar-refractivity contribution in [2.75, 3.05) is 5.32 Å². The molecule has 2 aromatic heterocycles. The van der Waals surface area contributed by atoms with Gasteiger partial charge in [0, 0.05) is 16.8 Å². The quantitative estimate of drug-likeness (QED) is 0.439. The van der Waals surface area contributed by atoms with Gasteiger partial charge < -0.3 is 19.4 Å². The molecule has 2 N–H and O–H groups in total. The number of nitrogens with one attached hydrogen (secondary N) is 1. The van der Waals surface area contributed by atoms with E-state index in [4.69, 9.17) is 25.6 Å². The van der Waals surface area contributed by atoms with Gasteiger partial charge in [-0.3, -0.25) is 4.79 Å². The van der Waals surface area contributed by atoms with Gasteiger partial charge in [0.1, 0.15) is 22.8 Å². The molecule has 0 saturated carbocycles. The summed E-state index contributed by atoms with van der Waals surface area (Å²) in [5.41, 5.74) is 2.48. The van der Waals surface area contributed by atoms with E-state index in [0.717, 1.165) is 0 Å². The maximum absolute atomic E-state index is 12.9. The second-order valence-corrected chi connectivity index (χ2v) is 6.85. The summed E-state index contributed by atoms with van der Waals surface area (Å²) in [7, 11) is 0. The van der Waals surface area contributed by atoms with Crippen LogP contribution >= 0.6 is 11.6 Å². The van der Waals surface area contributed by atoms with E-state index in [1.807, 2.05) is 0 Å². The Morgan fingerprint density at radius 3 is 2.43 bits per heavy atom. The van der Waals surface area contributed by atoms with Crippen LogP contribution in [0.1, 0.15) is 26.7 Å². The second kappa shape index (κ2) is 7.88. The molecule has 0 aliphatic heterocycles. The highest BCUT2D eigenvalue weighted by Gasteiger charge is 2.23. The average Bonchev–Trinajstić information content (AvgIpc) is 3.36. The molecule has 0 aliphatic rings. The molecule has 2 heterocycles. The van der Waals surface area contributed by atoms with Crippen LogP contribution in [0.3, 0.4) is 0 Å². The minimum Gasteiger partial charge on any atom is -0.475 e. The Labute approximate surface area is 175 Å². The summed E-state index contributed by atoms with van der Waals surface area (Å²) in [6.07, 6.45) is 0. The van der Waals surface area contributed by atoms with Gasteiger partial charge in [-0.05, 0) is 49.4 Å². The Hall–Kier alpha value is -3.84. The molecule has 0 saturated heterocycles. The zero-order valence-electron chi connectivity index (χ0n) is 15.7. The number of carboxylic acid groups (broad SMARTS) is 1. The third-order valence-corrected chi connectivity index (χ3v) is 4.79. The number of carboxylic acids is 1. The minimum absolute atomic E-state index is 0.141. The van der Waals surface area contributed by atoms with Gasteiger partial charge >= 0.3 is 5.97 Å². The lowest BCUT2D eigenvalue weighted by Crippen LogP contribution is -2.13. The number of halogens is 1. The zero-order valence-corrected chi connectivity index (χ0v) is 16.4. The number of nitrogens with zero attached hydrogens (tertiary/aromatic N) is 1. The van der Waals surface area contributed by atoms with Crippen molar-refractivity contribution >= 4 is 29.2 Å². The van der Waals surface area contributed by atoms with E-state index in [9.17, 15) is 9.59 Å². The van der Waals surface area contributed by atoms with Crippen LogP contribution in [0.5, 0.6) is 0 Å². The van der Waals surface area contributed by atoms with Gasteiger partial charge in [-0.15, -0.1) is 0 Å². The predicted octanol–water partition coefficient (Wildman–Crippen LogP) is 5.51. The lowest BCUT2D eigenvalue weighted by molar-refractivity contribution is 0.0663. The Kier molecular flexibility index (Phi) is 5.12. The molecule has 4 rings (SSSR count). The zero-order chi connectivity index (χ0) is 21.3. The highest BCUT2D eigenvalue weighted by molar-refractivity contribution is 6.33. The van der Waals surface area contributed by atoms with E-state index in [1.165, 1.54) is 6.07 Å². The van der Waals surface area contributed by atoms with Gasteiger partial charge in [-0.1, -0.05) is 35.0 Å². The van der Waals surface area contributed by atoms with Crippen LogP contribution in [-0.2, 0) is 0 Å². The highest BCUT2D eigenvalue weighted by Crippen LogP contribution is 2.31. The maximum atomic E-state index is 12.9. The number of aryl methyl sites for hydroxylation is 1. The van der Waals surface area contributed by atoms with Crippen LogP contribution in [0, 0.1) is 6.92 Å². The molecule has 150 valence electrons. The fourth-order valence-corrected chi connectivity index (χ4v) is 3.22. The Bertz CT molecular complexity index is 1240. The summed E-state index contributed by atoms with van der Waals surface area (Å²) in [5, 5.41) is 16.2. The minimum atomic E-state index is -1.14. The number of hydrogen-bond donors (Lipinski definition) is 2. The molecular formula is C22H15ClN2O5. The largest absolute Gasteiger partial charge is 0.475 e. The van der Waals surface area contributed by atoms with Gasteiger partial charge in [-0.25, -0.2) is 4.79 Å². The Balaban J connectivity index is 1.57. The fourth-order valence-electron chi connectivity index (χ4n) is 3.00. The predicted molar refractivity (Wildman–Crippen MR) is 111 cm³/mol. The van der Waals surface area contributed by atoms with Crippen molar-refractivity contribution in [1.29, 1.82) is 0 Å². The molecule has 2 aromatic carbocycles. The molecule has 0 bridgehead atoms. The summed E-state index contributed by atoms with van der Waals surface area (Å²) in [6, 6.07) is 16.8. The fraction of sp³-hybridized carbons (Fsp3) is 0.0455. The van der Waals surface area contributed by atoms with Crippen molar-refractivity contribution in [3.05, 3.63) is 82.8 Å². The number of benzene rings is 2. The van der Waals surface area contributed by atoms with E-state index in [0.29, 0.717) is 44.6 Å². The van der Waals surface area contributed by atoms with E-state index in [-0.39, 0.29) is 11.7 Å². The normalized spacial score (nSPS) is 10.7. The standard InChI is InChI=1S/C22H15ClN2O5/c1-12-19(20(25-30-12)15-4-2-3-5-16(15)23)21(26)24-14-8-6-13(7-9-14)17-10-11-18(29-17)22(27)28/h2-11H,1H3,(H,24,26)(H,27,28). The third-order valence-electron chi connectivity index (χ3n) is 4.46. The van der Waals surface area contributed by atoms with E-state index in [1.54, 1.807) is 61.5 Å². The molecule has 30 heavy (non-hydrogen) atoms. The first-order valence-corrected chi connectivity index (χ1v) is 9.28. The lowest BCUT2D eigenvalue weighted by Gasteiger charge is -2.07. The Morgan fingerprint density at radius 1 is 1.03 bits per heavy atom. The molecule has 0 spiro atoms. The number of rotatable bonds is 5. The second-order valence-electron chi connectivity index (χ2n) is 6.44. The maximum Gasteiger partial charge on any atom is 0.371 e. The van der Waals surface area contributed by atoms with Crippen LogP contribution in [0.2, 0.25) is 5.02 Å². The first-order valence-electron chi connectivity index (χ1n) is 8.90. The third kappa shape index (κ3) is 3.70. The molecule has 0 unspecified atom stereocenters. The SMILES string of the molecule is Cc1onc(-c2ccccc2Cl)c1C(=O)Nc1ccc(-c2ccc(C(=O)O)o2)cc1. The van der Waals surface area contributed by atoms with Crippen molar-refractivity contribution in [3.63, 3.8) is 0 Å². The molecule has 0 radical (unpaired) electrons. The number of hydrogen-bond acceptors (Lipinski definition) is 5. The molecule has 7 nitrogen and oxygen atoms in total. The number of aromatic carboxylic acids is 1. The van der Waals surface area contributed by atoms with Crippen molar-refractivity contribution in [2.45, 2.75) is 6.92 Å². The molecule has 8 heteroatoms. The van der Waals surface area contributed by atoms with Gasteiger partial charge in [0.15, 0.2) is 0 Å². The monoisotopic (exact) mass is 422 g/mol. The topological polar surface area (TPSA) is 106 Å². The molecule has 0 fully saturated rings. The van der Waals surface area contributed by atoms with Crippen molar-refractivity contribution in [2.24, 2.45) is 0 Å². The van der Waals surface area contributed by atoms with Crippen LogP contribution in [0.25, 0.3) is 22.6 Å². The number of anilines is 1. The average molecular weight is 423 g/mol. The number of carbonyl (C=O) groups excluding carboxylic acids is 1. The van der Waals surface area contributed by atoms with Crippen molar-refractivity contribution < 1.29 is 23.6 Å². The van der Waals surface area contributed by atoms with Crippen LogP contribution < -0.4 is 5.32 Å². The van der Waals surface area contributed by atoms with Gasteiger partial charge in [-0.2, -0.15) is 0 Å². The van der Waals surface area contributed by atoms with Crippen molar-refractivity contribution in [3.8, 4) is 22.6 Å². The first kappa shape index (κ1) is 19.5. The number of carbonyl (C=O) groups is 2. The summed E-state index contributed by atoms with van der Waals surface area (Å²) in [6.45, 7) is 1.66. The molecule has 1 amide bonds. The molecule has 0 atom stereocenters. The van der Waals surface area contributed by atoms with Gasteiger partial charge in [0.05, 0.1) is 5.02 Å². The molecule has 4 aromatic rings. The van der Waals surface area contributed by atoms with Crippen LogP contribution in [0.15, 0.2) is 69.6 Å². The van der Waals surface area contributed by atoms with E-state index in [2.05, 4.69) is 10.5 Å². The number of furan rings is 1. The Morgan fingerprint density at radius 2 is 1.77 bits per heavy atom. The summed E-state index contributed by atoms with van der Waals surface area (Å²) < 4.78 is 10.5. The van der Waals surface area contributed by atoms with Gasteiger partial charge in [0.2, 0.25) is 5.76 Å². The molecule has 0 aliphatic carbocycles. The van der Waals surface area contributed by atoms with E-state index < -0.39 is 5.97 Å². The van der Waals surface area contributed by atoms with Crippen LogP contribution in [0.4, 0.5) is 5.69 Å². The summed E-state index contributed by atoms with van der Waals surface area (Å²) in [5.74, 6) is -0.875. The van der Waals surface area contributed by atoms with Gasteiger partial charge in [0.25, 0.3) is 5.91 Å². The first-order chi connectivity index (χ1) is 14.4. The highest BCUT2D eigenvalue weighted by atomic mass is 35.5. The number of aromatic nitrogens is 1.